The van der Waals surface area contributed by atoms with Gasteiger partial charge in [-0.2, -0.15) is 0 Å². The molecule has 5 rings (SSSR count). The predicted octanol–water partition coefficient (Wildman–Crippen LogP) is 5.48. The molecule has 3 nitrogen and oxygen atoms in total. The molecule has 0 saturated carbocycles. The zero-order valence-corrected chi connectivity index (χ0v) is 14.8. The van der Waals surface area contributed by atoms with Crippen molar-refractivity contribution in [1.29, 1.82) is 0 Å². The Bertz CT molecular complexity index is 1240. The van der Waals surface area contributed by atoms with Crippen molar-refractivity contribution < 1.29 is 0 Å². The van der Waals surface area contributed by atoms with Gasteiger partial charge >= 0.3 is 0 Å². The molecular weight excluding hydrogens is 330 g/mol. The molecule has 0 N–H and O–H groups in total. The summed E-state index contributed by atoms with van der Waals surface area (Å²) in [5, 5.41) is 2.40. The maximum Gasteiger partial charge on any atom is 0.0964 e. The highest BCUT2D eigenvalue weighted by Gasteiger charge is 2.17. The Labute approximate surface area is 157 Å². The molecule has 0 atom stereocenters. The third-order valence-electron chi connectivity index (χ3n) is 4.92. The maximum absolute atomic E-state index is 4.80. The highest BCUT2D eigenvalue weighted by Crippen LogP contribution is 2.35. The fourth-order valence-corrected chi connectivity index (χ4v) is 3.76. The second-order valence-electron chi connectivity index (χ2n) is 6.69. The second kappa shape index (κ2) is 6.36. The van der Waals surface area contributed by atoms with Crippen LogP contribution in [0.25, 0.3) is 33.1 Å². The van der Waals surface area contributed by atoms with Crippen LogP contribution in [0.3, 0.4) is 0 Å². The van der Waals surface area contributed by atoms with Gasteiger partial charge in [0.2, 0.25) is 0 Å². The van der Waals surface area contributed by atoms with Crippen LogP contribution in [0.15, 0.2) is 85.2 Å². The van der Waals surface area contributed by atoms with E-state index in [1.165, 1.54) is 21.9 Å². The van der Waals surface area contributed by atoms with E-state index in [1.54, 1.807) is 6.20 Å². The van der Waals surface area contributed by atoms with Crippen LogP contribution in [-0.4, -0.2) is 14.5 Å². The van der Waals surface area contributed by atoms with E-state index >= 15 is 0 Å². The van der Waals surface area contributed by atoms with E-state index in [-0.39, 0.29) is 0 Å². The van der Waals surface area contributed by atoms with Gasteiger partial charge in [-0.05, 0) is 36.8 Å². The lowest BCUT2D eigenvalue weighted by molar-refractivity contribution is 0.867. The summed E-state index contributed by atoms with van der Waals surface area (Å²) in [5.41, 5.74) is 6.29. The monoisotopic (exact) mass is 348 g/mol. The highest BCUT2D eigenvalue weighted by atomic mass is 15.0. The van der Waals surface area contributed by atoms with E-state index in [1.807, 2.05) is 18.3 Å². The van der Waals surface area contributed by atoms with Crippen LogP contribution in [0.1, 0.15) is 11.3 Å². The van der Waals surface area contributed by atoms with E-state index in [2.05, 4.69) is 77.1 Å². The zero-order valence-electron chi connectivity index (χ0n) is 14.8. The zero-order chi connectivity index (χ0) is 18.2. The van der Waals surface area contributed by atoms with E-state index in [9.17, 15) is 0 Å². The lowest BCUT2D eigenvalue weighted by Gasteiger charge is -2.11. The molecule has 27 heavy (non-hydrogen) atoms. The van der Waals surface area contributed by atoms with Crippen molar-refractivity contribution in [1.82, 2.24) is 14.5 Å². The molecule has 0 bridgehead atoms. The number of hydrogen-bond donors (Lipinski definition) is 0. The minimum atomic E-state index is 0.768. The summed E-state index contributed by atoms with van der Waals surface area (Å²) in [6, 6.07) is 25.1. The van der Waals surface area contributed by atoms with Gasteiger partial charge < -0.3 is 4.57 Å². The molecule has 3 aromatic heterocycles. The van der Waals surface area contributed by atoms with Crippen LogP contribution >= 0.6 is 0 Å². The Morgan fingerprint density at radius 1 is 0.852 bits per heavy atom. The van der Waals surface area contributed by atoms with Crippen LogP contribution in [0.2, 0.25) is 0 Å². The van der Waals surface area contributed by atoms with Gasteiger partial charge in [0.15, 0.2) is 0 Å². The molecular formula is C24H18N3. The van der Waals surface area contributed by atoms with Gasteiger partial charge in [0, 0.05) is 46.5 Å². The van der Waals surface area contributed by atoms with Crippen LogP contribution < -0.4 is 0 Å². The lowest BCUT2D eigenvalue weighted by atomic mass is 10.1. The Morgan fingerprint density at radius 2 is 1.67 bits per heavy atom. The molecule has 3 heterocycles. The fourth-order valence-electron chi connectivity index (χ4n) is 3.76. The maximum atomic E-state index is 4.80. The number of fused-ring (bicyclic) bond motifs is 3. The first-order chi connectivity index (χ1) is 13.3. The van der Waals surface area contributed by atoms with Gasteiger partial charge in [0.05, 0.1) is 11.2 Å². The first-order valence-electron chi connectivity index (χ1n) is 8.99. The second-order valence-corrected chi connectivity index (χ2v) is 6.69. The number of nitrogens with zero attached hydrogens (tertiary/aromatic N) is 3. The average molecular weight is 348 g/mol. The minimum absolute atomic E-state index is 0.768. The van der Waals surface area contributed by atoms with Gasteiger partial charge in [-0.15, -0.1) is 0 Å². The van der Waals surface area contributed by atoms with E-state index in [0.717, 1.165) is 29.0 Å². The van der Waals surface area contributed by atoms with Crippen LogP contribution in [0.4, 0.5) is 0 Å². The quantitative estimate of drug-likeness (QED) is 0.432. The summed E-state index contributed by atoms with van der Waals surface area (Å²) in [5.74, 6) is 0. The standard InChI is InChI=1S/C24H18N3/c1-17-14-21-20-11-5-6-12-22(20)27(16-18-8-3-2-4-9-18)24(21)23(26-17)19-10-7-13-25-15-19/h2-15H,1,16H2. The Hall–Kier alpha value is -3.46. The average Bonchev–Trinajstić information content (AvgIpc) is 3.03. The van der Waals surface area contributed by atoms with Crippen LogP contribution in [0, 0.1) is 6.92 Å². The molecule has 2 aromatic carbocycles. The number of para-hydroxylation sites is 1. The van der Waals surface area contributed by atoms with Gasteiger partial charge in [-0.25, -0.2) is 0 Å². The van der Waals surface area contributed by atoms with Crippen molar-refractivity contribution in [2.75, 3.05) is 0 Å². The van der Waals surface area contributed by atoms with Crippen molar-refractivity contribution in [3.05, 3.63) is 103 Å². The largest absolute Gasteiger partial charge is 0.334 e. The Balaban J connectivity index is 1.88. The molecule has 0 aliphatic heterocycles. The SMILES string of the molecule is [CH2]c1cc2c3ccccc3n(Cc3ccccc3)c2c(-c2cccnc2)n1. The van der Waals surface area contributed by atoms with Crippen molar-refractivity contribution in [2.24, 2.45) is 0 Å². The molecule has 0 spiro atoms. The first kappa shape index (κ1) is 15.8. The lowest BCUT2D eigenvalue weighted by Crippen LogP contribution is -2.01. The van der Waals surface area contributed by atoms with E-state index < -0.39 is 0 Å². The predicted molar refractivity (Wildman–Crippen MR) is 110 cm³/mol. The van der Waals surface area contributed by atoms with Crippen molar-refractivity contribution in [2.45, 2.75) is 6.54 Å². The minimum Gasteiger partial charge on any atom is -0.334 e. The number of rotatable bonds is 3. The van der Waals surface area contributed by atoms with Crippen molar-refractivity contribution >= 4 is 21.8 Å². The van der Waals surface area contributed by atoms with E-state index in [0.29, 0.717) is 0 Å². The molecule has 0 aliphatic carbocycles. The summed E-state index contributed by atoms with van der Waals surface area (Å²) in [4.78, 5) is 9.09. The number of pyridine rings is 2. The summed E-state index contributed by atoms with van der Waals surface area (Å²) >= 11 is 0. The molecule has 0 saturated heterocycles. The molecule has 129 valence electrons. The van der Waals surface area contributed by atoms with Gasteiger partial charge in [-0.1, -0.05) is 48.5 Å². The smallest absolute Gasteiger partial charge is 0.0964 e. The first-order valence-corrected chi connectivity index (χ1v) is 8.99. The fraction of sp³-hybridized carbons (Fsp3) is 0.0417. The molecule has 0 aliphatic rings. The Kier molecular flexibility index (Phi) is 3.72. The Morgan fingerprint density at radius 3 is 2.48 bits per heavy atom. The molecule has 1 radical (unpaired) electrons. The number of aromatic nitrogens is 3. The topological polar surface area (TPSA) is 30.7 Å². The normalized spacial score (nSPS) is 11.3. The molecule has 0 fully saturated rings. The van der Waals surface area contributed by atoms with Crippen LogP contribution in [0.5, 0.6) is 0 Å². The number of benzene rings is 2. The van der Waals surface area contributed by atoms with Gasteiger partial charge in [0.1, 0.15) is 0 Å². The van der Waals surface area contributed by atoms with E-state index in [4.69, 9.17) is 4.98 Å². The summed E-state index contributed by atoms with van der Waals surface area (Å²) in [7, 11) is 0. The molecule has 0 unspecified atom stereocenters. The molecule has 3 heteroatoms. The summed E-state index contributed by atoms with van der Waals surface area (Å²) in [6.45, 7) is 4.90. The van der Waals surface area contributed by atoms with Crippen molar-refractivity contribution in [3.8, 4) is 11.3 Å². The van der Waals surface area contributed by atoms with Crippen LogP contribution in [-0.2, 0) is 6.54 Å². The molecule has 5 aromatic rings. The van der Waals surface area contributed by atoms with Gasteiger partial charge in [-0.3, -0.25) is 9.97 Å². The van der Waals surface area contributed by atoms with Crippen molar-refractivity contribution in [3.63, 3.8) is 0 Å². The third-order valence-corrected chi connectivity index (χ3v) is 4.92. The highest BCUT2D eigenvalue weighted by molar-refractivity contribution is 6.12. The third kappa shape index (κ3) is 2.68. The van der Waals surface area contributed by atoms with Gasteiger partial charge in [0.25, 0.3) is 0 Å². The number of hydrogen-bond acceptors (Lipinski definition) is 2. The summed E-state index contributed by atoms with van der Waals surface area (Å²) < 4.78 is 2.36. The molecule has 0 amide bonds. The summed E-state index contributed by atoms with van der Waals surface area (Å²) in [6.07, 6.45) is 3.65.